The highest BCUT2D eigenvalue weighted by molar-refractivity contribution is 7.90. The first-order chi connectivity index (χ1) is 8.57. The molecule has 0 aliphatic heterocycles. The molecule has 1 aliphatic carbocycles. The van der Waals surface area contributed by atoms with Crippen LogP contribution in [0.3, 0.4) is 0 Å². The topological polar surface area (TPSA) is 85.1 Å². The van der Waals surface area contributed by atoms with Gasteiger partial charge in [0.1, 0.15) is 5.75 Å². The Hall–Kier alpha value is -1.89. The van der Waals surface area contributed by atoms with Crippen LogP contribution < -0.4 is 0 Å². The average molecular weight is 265 g/mol. The minimum Gasteiger partial charge on any atom is -0.506 e. The van der Waals surface area contributed by atoms with Crippen molar-refractivity contribution in [1.29, 1.82) is 0 Å². The molecule has 18 heavy (non-hydrogen) atoms. The summed E-state index contributed by atoms with van der Waals surface area (Å²) in [7, 11) is -3.33. The fourth-order valence-electron chi connectivity index (χ4n) is 1.65. The lowest BCUT2D eigenvalue weighted by molar-refractivity contribution is 0.473. The predicted molar refractivity (Wildman–Crippen MR) is 64.5 cm³/mol. The second-order valence-electron chi connectivity index (χ2n) is 4.25. The quantitative estimate of drug-likeness (QED) is 0.894. The summed E-state index contributed by atoms with van der Waals surface area (Å²) in [6.07, 6.45) is 5.62. The minimum absolute atomic E-state index is 0.0664. The first-order valence-electron chi connectivity index (χ1n) is 5.52. The van der Waals surface area contributed by atoms with E-state index >= 15 is 0 Å². The zero-order valence-corrected chi connectivity index (χ0v) is 10.2. The van der Waals surface area contributed by atoms with Gasteiger partial charge in [-0.2, -0.15) is 9.19 Å². The zero-order valence-electron chi connectivity index (χ0n) is 9.39. The standard InChI is InChI=1S/C11H11N3O3S/c15-9-1-4-11(12-6-9)8-5-13-14(7-8)18(16,17)10-2-3-10/h1,4-7,10,15H,2-3H2. The van der Waals surface area contributed by atoms with E-state index in [1.165, 1.54) is 24.7 Å². The lowest BCUT2D eigenvalue weighted by atomic mass is 10.2. The van der Waals surface area contributed by atoms with E-state index in [1.54, 1.807) is 6.07 Å². The molecule has 0 unspecified atom stereocenters. The third-order valence-electron chi connectivity index (χ3n) is 2.81. The van der Waals surface area contributed by atoms with Gasteiger partial charge in [0, 0.05) is 5.56 Å². The van der Waals surface area contributed by atoms with Gasteiger partial charge in [0.25, 0.3) is 10.0 Å². The molecule has 1 N–H and O–H groups in total. The van der Waals surface area contributed by atoms with E-state index in [0.29, 0.717) is 24.1 Å². The van der Waals surface area contributed by atoms with Gasteiger partial charge in [-0.1, -0.05) is 0 Å². The smallest absolute Gasteiger partial charge is 0.256 e. The molecule has 1 aliphatic rings. The summed E-state index contributed by atoms with van der Waals surface area (Å²) in [6, 6.07) is 3.11. The molecular formula is C11H11N3O3S. The molecule has 94 valence electrons. The van der Waals surface area contributed by atoms with Crippen molar-refractivity contribution in [2.45, 2.75) is 18.1 Å². The Morgan fingerprint density at radius 2 is 2.06 bits per heavy atom. The van der Waals surface area contributed by atoms with Crippen LogP contribution in [0.5, 0.6) is 5.75 Å². The summed E-state index contributed by atoms with van der Waals surface area (Å²) in [6.45, 7) is 0. The molecule has 7 heteroatoms. The van der Waals surface area contributed by atoms with Crippen molar-refractivity contribution < 1.29 is 13.5 Å². The van der Waals surface area contributed by atoms with Gasteiger partial charge in [0.15, 0.2) is 0 Å². The summed E-state index contributed by atoms with van der Waals surface area (Å²) in [5, 5.41) is 12.7. The Balaban J connectivity index is 1.96. The molecule has 0 bridgehead atoms. The first-order valence-corrected chi connectivity index (χ1v) is 7.02. The van der Waals surface area contributed by atoms with Crippen LogP contribution in [0, 0.1) is 0 Å². The summed E-state index contributed by atoms with van der Waals surface area (Å²) >= 11 is 0. The van der Waals surface area contributed by atoms with Gasteiger partial charge in [-0.15, -0.1) is 0 Å². The van der Waals surface area contributed by atoms with Crippen LogP contribution in [-0.2, 0) is 10.0 Å². The highest BCUT2D eigenvalue weighted by Gasteiger charge is 2.37. The van der Waals surface area contributed by atoms with Crippen LogP contribution in [0.2, 0.25) is 0 Å². The highest BCUT2D eigenvalue weighted by Crippen LogP contribution is 2.30. The minimum atomic E-state index is -3.33. The lowest BCUT2D eigenvalue weighted by Crippen LogP contribution is -2.17. The van der Waals surface area contributed by atoms with Crippen LogP contribution in [-0.4, -0.2) is 32.9 Å². The number of hydrogen-bond donors (Lipinski definition) is 1. The number of hydrogen-bond acceptors (Lipinski definition) is 5. The van der Waals surface area contributed by atoms with E-state index in [2.05, 4.69) is 10.1 Å². The van der Waals surface area contributed by atoms with E-state index in [1.807, 2.05) is 0 Å². The summed E-state index contributed by atoms with van der Waals surface area (Å²) in [5.41, 5.74) is 1.18. The van der Waals surface area contributed by atoms with Gasteiger partial charge in [0.05, 0.1) is 29.5 Å². The molecule has 0 amide bonds. The third kappa shape index (κ3) is 1.86. The summed E-state index contributed by atoms with van der Waals surface area (Å²) < 4.78 is 24.9. The normalized spacial score (nSPS) is 15.8. The molecule has 2 aromatic rings. The number of aromatic hydroxyl groups is 1. The number of nitrogens with zero attached hydrogens (tertiary/aromatic N) is 3. The molecule has 6 nitrogen and oxygen atoms in total. The second kappa shape index (κ2) is 3.81. The summed E-state index contributed by atoms with van der Waals surface area (Å²) in [4.78, 5) is 4.01. The maximum absolute atomic E-state index is 11.9. The van der Waals surface area contributed by atoms with Crippen molar-refractivity contribution in [1.82, 2.24) is 14.2 Å². The van der Waals surface area contributed by atoms with Crippen LogP contribution in [0.4, 0.5) is 0 Å². The van der Waals surface area contributed by atoms with Gasteiger partial charge in [-0.25, -0.2) is 8.42 Å². The fraction of sp³-hybridized carbons (Fsp3) is 0.273. The number of aromatic nitrogens is 3. The SMILES string of the molecule is O=S(=O)(C1CC1)n1cc(-c2ccc(O)cn2)cn1. The maximum atomic E-state index is 11.9. The maximum Gasteiger partial charge on any atom is 0.256 e. The van der Waals surface area contributed by atoms with Crippen LogP contribution in [0.25, 0.3) is 11.3 Å². The Bertz CT molecular complexity index is 672. The number of pyridine rings is 1. The highest BCUT2D eigenvalue weighted by atomic mass is 32.2. The van der Waals surface area contributed by atoms with Gasteiger partial charge < -0.3 is 5.11 Å². The zero-order chi connectivity index (χ0) is 12.8. The Morgan fingerprint density at radius 3 is 2.67 bits per heavy atom. The molecule has 0 aromatic carbocycles. The van der Waals surface area contributed by atoms with Crippen molar-refractivity contribution in [2.75, 3.05) is 0 Å². The van der Waals surface area contributed by atoms with Crippen LogP contribution in [0.1, 0.15) is 12.8 Å². The summed E-state index contributed by atoms with van der Waals surface area (Å²) in [5.74, 6) is 0.0664. The third-order valence-corrected chi connectivity index (χ3v) is 4.85. The molecule has 0 radical (unpaired) electrons. The fourth-order valence-corrected chi connectivity index (χ4v) is 3.13. The molecule has 1 saturated carbocycles. The molecule has 2 heterocycles. The van der Waals surface area contributed by atoms with Crippen LogP contribution in [0.15, 0.2) is 30.7 Å². The van der Waals surface area contributed by atoms with Crippen molar-refractivity contribution in [3.8, 4) is 17.0 Å². The largest absolute Gasteiger partial charge is 0.506 e. The Kier molecular flexibility index (Phi) is 2.37. The second-order valence-corrected chi connectivity index (χ2v) is 6.32. The molecule has 2 aromatic heterocycles. The van der Waals surface area contributed by atoms with Crippen molar-refractivity contribution in [3.05, 3.63) is 30.7 Å². The monoisotopic (exact) mass is 265 g/mol. The molecule has 1 fully saturated rings. The Morgan fingerprint density at radius 1 is 1.28 bits per heavy atom. The van der Waals surface area contributed by atoms with Crippen molar-refractivity contribution >= 4 is 10.0 Å². The van der Waals surface area contributed by atoms with E-state index in [-0.39, 0.29) is 11.0 Å². The van der Waals surface area contributed by atoms with Gasteiger partial charge in [0.2, 0.25) is 0 Å². The first kappa shape index (κ1) is 11.2. The van der Waals surface area contributed by atoms with Crippen molar-refractivity contribution in [2.24, 2.45) is 0 Å². The molecular weight excluding hydrogens is 254 g/mol. The lowest BCUT2D eigenvalue weighted by Gasteiger charge is -2.00. The van der Waals surface area contributed by atoms with Gasteiger partial charge >= 0.3 is 0 Å². The van der Waals surface area contributed by atoms with E-state index in [9.17, 15) is 8.42 Å². The predicted octanol–water partition coefficient (Wildman–Crippen LogP) is 0.991. The van der Waals surface area contributed by atoms with Crippen LogP contribution >= 0.6 is 0 Å². The van der Waals surface area contributed by atoms with Gasteiger partial charge in [-0.05, 0) is 25.0 Å². The number of rotatable bonds is 3. The molecule has 0 spiro atoms. The average Bonchev–Trinajstić information content (AvgIpc) is 3.09. The van der Waals surface area contributed by atoms with Crippen molar-refractivity contribution in [3.63, 3.8) is 0 Å². The van der Waals surface area contributed by atoms with E-state index in [4.69, 9.17) is 5.11 Å². The van der Waals surface area contributed by atoms with E-state index < -0.39 is 10.0 Å². The molecule has 0 saturated heterocycles. The van der Waals surface area contributed by atoms with E-state index in [0.717, 1.165) is 4.09 Å². The van der Waals surface area contributed by atoms with Gasteiger partial charge in [-0.3, -0.25) is 4.98 Å². The molecule has 0 atom stereocenters. The molecule has 3 rings (SSSR count). The Labute approximate surface area is 104 Å².